The van der Waals surface area contributed by atoms with Gasteiger partial charge in [-0.3, -0.25) is 4.79 Å². The number of aliphatic hydroxyl groups is 1. The van der Waals surface area contributed by atoms with Crippen LogP contribution in [0, 0.1) is 11.8 Å². The fraction of sp³-hybridized carbons (Fsp3) is 0.938. The zero-order valence-electron chi connectivity index (χ0n) is 13.2. The average molecular weight is 284 g/mol. The molecular weight excluding hydrogens is 252 g/mol. The minimum absolute atomic E-state index is 0.129. The summed E-state index contributed by atoms with van der Waals surface area (Å²) in [5, 5.41) is 12.3. The number of unbranched alkanes of at least 4 members (excludes halogenated alkanes) is 4. The molecule has 1 aliphatic heterocycles. The van der Waals surface area contributed by atoms with Crippen molar-refractivity contribution < 1.29 is 9.90 Å². The van der Waals surface area contributed by atoms with Gasteiger partial charge in [0.15, 0.2) is 0 Å². The number of amides is 1. The number of aliphatic hydroxyl groups excluding tert-OH is 1. The third-order valence-corrected chi connectivity index (χ3v) is 4.26. The summed E-state index contributed by atoms with van der Waals surface area (Å²) in [6.07, 6.45) is 6.78. The molecule has 0 radical (unpaired) electrons. The van der Waals surface area contributed by atoms with E-state index in [1.807, 2.05) is 4.90 Å². The van der Waals surface area contributed by atoms with Crippen molar-refractivity contribution in [3.8, 4) is 0 Å². The maximum Gasteiger partial charge on any atom is 0.227 e. The zero-order valence-corrected chi connectivity index (χ0v) is 13.2. The van der Waals surface area contributed by atoms with Crippen molar-refractivity contribution in [2.24, 2.45) is 11.8 Å². The van der Waals surface area contributed by atoms with Crippen LogP contribution in [0.1, 0.15) is 52.4 Å². The van der Waals surface area contributed by atoms with Gasteiger partial charge in [-0.2, -0.15) is 0 Å². The smallest absolute Gasteiger partial charge is 0.227 e. The molecule has 118 valence electrons. The van der Waals surface area contributed by atoms with E-state index in [4.69, 9.17) is 5.11 Å². The van der Waals surface area contributed by atoms with Crippen molar-refractivity contribution in [2.75, 3.05) is 32.8 Å². The summed E-state index contributed by atoms with van der Waals surface area (Å²) in [6, 6.07) is 0. The van der Waals surface area contributed by atoms with Gasteiger partial charge in [0.2, 0.25) is 5.91 Å². The van der Waals surface area contributed by atoms with Crippen LogP contribution in [0.4, 0.5) is 0 Å². The number of carbonyl (C=O) groups excluding carboxylic acids is 1. The van der Waals surface area contributed by atoms with Gasteiger partial charge in [0.25, 0.3) is 0 Å². The monoisotopic (exact) mass is 284 g/mol. The Morgan fingerprint density at radius 2 is 1.85 bits per heavy atom. The molecule has 0 saturated carbocycles. The van der Waals surface area contributed by atoms with E-state index in [1.165, 1.54) is 25.7 Å². The van der Waals surface area contributed by atoms with Crippen molar-refractivity contribution in [1.29, 1.82) is 0 Å². The SMILES string of the molecule is CCCCCCCN(CCCO)C(=O)[C@@H]1CNC[C@H]1C. The first-order valence-corrected chi connectivity index (χ1v) is 8.31. The molecule has 4 heteroatoms. The Balaban J connectivity index is 2.39. The van der Waals surface area contributed by atoms with Crippen LogP contribution >= 0.6 is 0 Å². The van der Waals surface area contributed by atoms with Crippen LogP contribution in [-0.2, 0) is 4.79 Å². The molecule has 0 aliphatic carbocycles. The van der Waals surface area contributed by atoms with E-state index >= 15 is 0 Å². The van der Waals surface area contributed by atoms with Gasteiger partial charge < -0.3 is 15.3 Å². The molecular formula is C16H32N2O2. The highest BCUT2D eigenvalue weighted by atomic mass is 16.3. The summed E-state index contributed by atoms with van der Waals surface area (Å²) in [5.41, 5.74) is 0. The van der Waals surface area contributed by atoms with Crippen LogP contribution in [-0.4, -0.2) is 48.7 Å². The molecule has 1 saturated heterocycles. The Kier molecular flexibility index (Phi) is 8.86. The quantitative estimate of drug-likeness (QED) is 0.604. The topological polar surface area (TPSA) is 52.6 Å². The molecule has 0 bridgehead atoms. The Morgan fingerprint density at radius 3 is 2.45 bits per heavy atom. The van der Waals surface area contributed by atoms with E-state index in [2.05, 4.69) is 19.2 Å². The maximum atomic E-state index is 12.6. The summed E-state index contributed by atoms with van der Waals surface area (Å²) >= 11 is 0. The van der Waals surface area contributed by atoms with Gasteiger partial charge >= 0.3 is 0 Å². The highest BCUT2D eigenvalue weighted by molar-refractivity contribution is 5.79. The number of hydrogen-bond acceptors (Lipinski definition) is 3. The highest BCUT2D eigenvalue weighted by Crippen LogP contribution is 2.19. The molecule has 2 atom stereocenters. The second-order valence-corrected chi connectivity index (χ2v) is 6.06. The highest BCUT2D eigenvalue weighted by Gasteiger charge is 2.32. The van der Waals surface area contributed by atoms with Gasteiger partial charge in [-0.15, -0.1) is 0 Å². The molecule has 2 N–H and O–H groups in total. The van der Waals surface area contributed by atoms with E-state index < -0.39 is 0 Å². The number of carbonyl (C=O) groups is 1. The molecule has 0 aromatic rings. The van der Waals surface area contributed by atoms with Gasteiger partial charge in [-0.05, 0) is 25.3 Å². The molecule has 4 nitrogen and oxygen atoms in total. The molecule has 1 heterocycles. The minimum atomic E-state index is 0.129. The minimum Gasteiger partial charge on any atom is -0.396 e. The lowest BCUT2D eigenvalue weighted by atomic mass is 9.96. The van der Waals surface area contributed by atoms with E-state index in [1.54, 1.807) is 0 Å². The summed E-state index contributed by atoms with van der Waals surface area (Å²) < 4.78 is 0. The number of rotatable bonds is 10. The predicted molar refractivity (Wildman–Crippen MR) is 82.6 cm³/mol. The van der Waals surface area contributed by atoms with E-state index in [-0.39, 0.29) is 18.4 Å². The molecule has 1 amide bonds. The molecule has 0 aromatic carbocycles. The van der Waals surface area contributed by atoms with Gasteiger partial charge in [0, 0.05) is 26.2 Å². The molecule has 1 aliphatic rings. The summed E-state index contributed by atoms with van der Waals surface area (Å²) in [7, 11) is 0. The lowest BCUT2D eigenvalue weighted by Crippen LogP contribution is -2.40. The van der Waals surface area contributed by atoms with E-state index in [0.29, 0.717) is 18.9 Å². The normalized spacial score (nSPS) is 22.1. The van der Waals surface area contributed by atoms with E-state index in [0.717, 1.165) is 26.1 Å². The van der Waals surface area contributed by atoms with Crippen LogP contribution in [0.5, 0.6) is 0 Å². The second kappa shape index (κ2) is 10.2. The van der Waals surface area contributed by atoms with Gasteiger partial charge in [0.05, 0.1) is 5.92 Å². The standard InChI is InChI=1S/C16H32N2O2/c1-3-4-5-6-7-9-18(10-8-11-19)16(20)15-13-17-12-14(15)2/h14-15,17,19H,3-13H2,1-2H3/t14-,15-/m1/s1. The Bertz CT molecular complexity index is 271. The van der Waals surface area contributed by atoms with Crippen LogP contribution < -0.4 is 5.32 Å². The third-order valence-electron chi connectivity index (χ3n) is 4.26. The molecule has 0 aromatic heterocycles. The average Bonchev–Trinajstić information content (AvgIpc) is 2.87. The molecule has 1 rings (SSSR count). The zero-order chi connectivity index (χ0) is 14.8. The van der Waals surface area contributed by atoms with Crippen LogP contribution in [0.2, 0.25) is 0 Å². The predicted octanol–water partition coefficient (Wildman–Crippen LogP) is 2.02. The molecule has 20 heavy (non-hydrogen) atoms. The van der Waals surface area contributed by atoms with Crippen molar-refractivity contribution >= 4 is 5.91 Å². The van der Waals surface area contributed by atoms with Crippen molar-refractivity contribution in [1.82, 2.24) is 10.2 Å². The number of hydrogen-bond donors (Lipinski definition) is 2. The van der Waals surface area contributed by atoms with Crippen molar-refractivity contribution in [2.45, 2.75) is 52.4 Å². The van der Waals surface area contributed by atoms with E-state index in [9.17, 15) is 4.79 Å². The fourth-order valence-electron chi connectivity index (χ4n) is 2.88. The van der Waals surface area contributed by atoms with Gasteiger partial charge in [-0.1, -0.05) is 39.5 Å². The first-order valence-electron chi connectivity index (χ1n) is 8.31. The first kappa shape index (κ1) is 17.4. The first-order chi connectivity index (χ1) is 9.70. The lowest BCUT2D eigenvalue weighted by Gasteiger charge is -2.27. The molecule has 0 spiro atoms. The Labute approximate surface area is 123 Å². The van der Waals surface area contributed by atoms with Crippen LogP contribution in [0.25, 0.3) is 0 Å². The lowest BCUT2D eigenvalue weighted by molar-refractivity contribution is -0.136. The van der Waals surface area contributed by atoms with Crippen LogP contribution in [0.3, 0.4) is 0 Å². The van der Waals surface area contributed by atoms with Crippen LogP contribution in [0.15, 0.2) is 0 Å². The summed E-state index contributed by atoms with van der Waals surface area (Å²) in [6.45, 7) is 7.84. The summed E-state index contributed by atoms with van der Waals surface area (Å²) in [4.78, 5) is 14.6. The van der Waals surface area contributed by atoms with Crippen molar-refractivity contribution in [3.05, 3.63) is 0 Å². The van der Waals surface area contributed by atoms with Gasteiger partial charge in [-0.25, -0.2) is 0 Å². The molecule has 1 fully saturated rings. The number of nitrogens with zero attached hydrogens (tertiary/aromatic N) is 1. The third kappa shape index (κ3) is 5.80. The molecule has 0 unspecified atom stereocenters. The second-order valence-electron chi connectivity index (χ2n) is 6.06. The fourth-order valence-corrected chi connectivity index (χ4v) is 2.88. The van der Waals surface area contributed by atoms with Crippen molar-refractivity contribution in [3.63, 3.8) is 0 Å². The maximum absolute atomic E-state index is 12.6. The largest absolute Gasteiger partial charge is 0.396 e. The Morgan fingerprint density at radius 1 is 1.15 bits per heavy atom. The number of nitrogens with one attached hydrogen (secondary N) is 1. The summed E-state index contributed by atoms with van der Waals surface area (Å²) in [5.74, 6) is 0.843. The van der Waals surface area contributed by atoms with Gasteiger partial charge in [0.1, 0.15) is 0 Å². The Hall–Kier alpha value is -0.610.